The number of hydrogen-bond donors (Lipinski definition) is 2. The average Bonchev–Trinajstić information content (AvgIpc) is 2.49. The Bertz CT molecular complexity index is 722. The summed E-state index contributed by atoms with van der Waals surface area (Å²) in [5.41, 5.74) is 0.712. The number of aromatic nitrogens is 1. The molecule has 2 rings (SSSR count). The van der Waals surface area contributed by atoms with E-state index in [1.165, 1.54) is 17.7 Å². The van der Waals surface area contributed by atoms with Crippen LogP contribution >= 0.6 is 0 Å². The number of nitrogens with zero attached hydrogens (tertiary/aromatic N) is 1. The zero-order valence-electron chi connectivity index (χ0n) is 11.5. The minimum absolute atomic E-state index is 0.0795. The van der Waals surface area contributed by atoms with Gasteiger partial charge in [0, 0.05) is 30.6 Å². The number of carbonyl (C=O) groups excluding carboxylic acids is 2. The first-order valence-electron chi connectivity index (χ1n) is 6.37. The Morgan fingerprint density at radius 3 is 2.67 bits per heavy atom. The van der Waals surface area contributed by atoms with Gasteiger partial charge in [-0.05, 0) is 24.3 Å². The first kappa shape index (κ1) is 14.5. The van der Waals surface area contributed by atoms with Gasteiger partial charge in [0.25, 0.3) is 11.5 Å². The van der Waals surface area contributed by atoms with E-state index in [1.54, 1.807) is 42.6 Å². The normalized spacial score (nSPS) is 9.95. The minimum Gasteiger partial charge on any atom is -0.355 e. The number of benzene rings is 1. The first-order chi connectivity index (χ1) is 10.1. The third-order valence-corrected chi connectivity index (χ3v) is 2.85. The Hall–Kier alpha value is -2.89. The molecule has 0 unspecified atom stereocenters. The van der Waals surface area contributed by atoms with Crippen molar-refractivity contribution in [3.63, 3.8) is 0 Å². The lowest BCUT2D eigenvalue weighted by molar-refractivity contribution is -0.116. The van der Waals surface area contributed by atoms with Gasteiger partial charge in [-0.3, -0.25) is 14.4 Å². The fraction of sp³-hybridized carbons (Fsp3) is 0.133. The molecule has 0 radical (unpaired) electrons. The number of rotatable bonds is 4. The predicted molar refractivity (Wildman–Crippen MR) is 79.2 cm³/mol. The van der Waals surface area contributed by atoms with Gasteiger partial charge in [0.2, 0.25) is 5.91 Å². The summed E-state index contributed by atoms with van der Waals surface area (Å²) < 4.78 is 1.30. The Morgan fingerprint density at radius 1 is 1.14 bits per heavy atom. The van der Waals surface area contributed by atoms with Crippen LogP contribution in [0.5, 0.6) is 0 Å². The maximum Gasteiger partial charge on any atom is 0.251 e. The number of amides is 2. The molecule has 6 nitrogen and oxygen atoms in total. The molecule has 0 spiro atoms. The molecule has 1 aromatic heterocycles. The Balaban J connectivity index is 2.08. The van der Waals surface area contributed by atoms with E-state index >= 15 is 0 Å². The van der Waals surface area contributed by atoms with Crippen LogP contribution in [0.3, 0.4) is 0 Å². The average molecular weight is 285 g/mol. The molecule has 1 aromatic carbocycles. The van der Waals surface area contributed by atoms with Gasteiger partial charge in [-0.15, -0.1) is 0 Å². The zero-order valence-corrected chi connectivity index (χ0v) is 11.5. The Kier molecular flexibility index (Phi) is 4.50. The van der Waals surface area contributed by atoms with Crippen LogP contribution in [0.4, 0.5) is 5.69 Å². The van der Waals surface area contributed by atoms with Crippen LogP contribution in [0.15, 0.2) is 53.5 Å². The third kappa shape index (κ3) is 3.79. The monoisotopic (exact) mass is 285 g/mol. The molecular formula is C15H15N3O3. The van der Waals surface area contributed by atoms with Gasteiger partial charge in [-0.25, -0.2) is 0 Å². The molecule has 1 heterocycles. The number of pyridine rings is 1. The summed E-state index contributed by atoms with van der Waals surface area (Å²) in [5.74, 6) is -0.567. The second-order valence-electron chi connectivity index (χ2n) is 4.37. The van der Waals surface area contributed by atoms with Gasteiger partial charge in [0.15, 0.2) is 0 Å². The maximum absolute atomic E-state index is 11.9. The van der Waals surface area contributed by atoms with Gasteiger partial charge in [-0.2, -0.15) is 0 Å². The number of nitrogens with one attached hydrogen (secondary N) is 2. The van der Waals surface area contributed by atoms with E-state index in [4.69, 9.17) is 0 Å². The van der Waals surface area contributed by atoms with Gasteiger partial charge in [0.05, 0.1) is 0 Å². The second-order valence-corrected chi connectivity index (χ2v) is 4.37. The molecule has 0 atom stereocenters. The van der Waals surface area contributed by atoms with E-state index in [0.717, 1.165) is 0 Å². The molecule has 0 aliphatic rings. The molecule has 0 aliphatic carbocycles. The molecular weight excluding hydrogens is 270 g/mol. The number of anilines is 1. The molecule has 108 valence electrons. The van der Waals surface area contributed by atoms with Crippen LogP contribution in [0.25, 0.3) is 0 Å². The van der Waals surface area contributed by atoms with E-state index in [-0.39, 0.29) is 23.9 Å². The lowest BCUT2D eigenvalue weighted by Gasteiger charge is -2.08. The first-order valence-corrected chi connectivity index (χ1v) is 6.37. The van der Waals surface area contributed by atoms with Gasteiger partial charge in [0.1, 0.15) is 6.54 Å². The highest BCUT2D eigenvalue weighted by Crippen LogP contribution is 2.10. The summed E-state index contributed by atoms with van der Waals surface area (Å²) >= 11 is 0. The van der Waals surface area contributed by atoms with Crippen molar-refractivity contribution in [2.24, 2.45) is 0 Å². The van der Waals surface area contributed by atoms with E-state index in [2.05, 4.69) is 10.6 Å². The number of carbonyl (C=O) groups is 2. The lowest BCUT2D eigenvalue weighted by atomic mass is 10.2. The van der Waals surface area contributed by atoms with Gasteiger partial charge < -0.3 is 15.2 Å². The topological polar surface area (TPSA) is 80.2 Å². The van der Waals surface area contributed by atoms with E-state index in [0.29, 0.717) is 11.3 Å². The highest BCUT2D eigenvalue weighted by molar-refractivity contribution is 5.96. The second kappa shape index (κ2) is 6.51. The predicted octanol–water partition coefficient (Wildman–Crippen LogP) is 0.847. The molecule has 0 fully saturated rings. The van der Waals surface area contributed by atoms with Crippen molar-refractivity contribution in [1.29, 1.82) is 0 Å². The lowest BCUT2D eigenvalue weighted by Crippen LogP contribution is -2.26. The molecule has 2 amide bonds. The smallest absolute Gasteiger partial charge is 0.251 e. The molecule has 2 N–H and O–H groups in total. The van der Waals surface area contributed by atoms with Crippen molar-refractivity contribution < 1.29 is 9.59 Å². The van der Waals surface area contributed by atoms with Gasteiger partial charge in [-0.1, -0.05) is 12.1 Å². The van der Waals surface area contributed by atoms with Crippen LogP contribution in [0.1, 0.15) is 10.4 Å². The molecule has 6 heteroatoms. The third-order valence-electron chi connectivity index (χ3n) is 2.85. The maximum atomic E-state index is 11.9. The molecule has 2 aromatic rings. The summed E-state index contributed by atoms with van der Waals surface area (Å²) in [6.07, 6.45) is 1.54. The fourth-order valence-corrected chi connectivity index (χ4v) is 1.83. The van der Waals surface area contributed by atoms with Crippen molar-refractivity contribution in [3.05, 3.63) is 64.6 Å². The summed E-state index contributed by atoms with van der Waals surface area (Å²) in [5, 5.41) is 5.17. The van der Waals surface area contributed by atoms with Crippen molar-refractivity contribution in [2.75, 3.05) is 12.4 Å². The summed E-state index contributed by atoms with van der Waals surface area (Å²) in [6, 6.07) is 11.3. The quantitative estimate of drug-likeness (QED) is 0.874. The van der Waals surface area contributed by atoms with Crippen LogP contribution in [0.2, 0.25) is 0 Å². The molecule has 0 bridgehead atoms. The molecule has 0 aliphatic heterocycles. The van der Waals surface area contributed by atoms with Crippen LogP contribution in [-0.2, 0) is 11.3 Å². The van der Waals surface area contributed by atoms with E-state index in [9.17, 15) is 14.4 Å². The minimum atomic E-state index is -0.336. The highest BCUT2D eigenvalue weighted by atomic mass is 16.2. The van der Waals surface area contributed by atoms with Crippen LogP contribution in [0, 0.1) is 0 Å². The Labute approximate surface area is 121 Å². The standard InChI is InChI=1S/C15H15N3O3/c1-16-15(21)11-5-4-6-12(9-11)17-13(19)10-18-8-3-2-7-14(18)20/h2-9H,10H2,1H3,(H,16,21)(H,17,19). The molecule has 0 saturated carbocycles. The van der Waals surface area contributed by atoms with Crippen molar-refractivity contribution >= 4 is 17.5 Å². The van der Waals surface area contributed by atoms with Crippen LogP contribution < -0.4 is 16.2 Å². The van der Waals surface area contributed by atoms with Crippen LogP contribution in [-0.4, -0.2) is 23.4 Å². The SMILES string of the molecule is CNC(=O)c1cccc(NC(=O)Cn2ccccc2=O)c1. The summed E-state index contributed by atoms with van der Waals surface area (Å²) in [7, 11) is 1.54. The highest BCUT2D eigenvalue weighted by Gasteiger charge is 2.07. The van der Waals surface area contributed by atoms with Crippen molar-refractivity contribution in [3.8, 4) is 0 Å². The zero-order chi connectivity index (χ0) is 15.2. The number of hydrogen-bond acceptors (Lipinski definition) is 3. The summed E-state index contributed by atoms with van der Waals surface area (Å²) in [4.78, 5) is 35.0. The van der Waals surface area contributed by atoms with Crippen molar-refractivity contribution in [2.45, 2.75) is 6.54 Å². The van der Waals surface area contributed by atoms with E-state index < -0.39 is 0 Å². The molecule has 0 saturated heterocycles. The van der Waals surface area contributed by atoms with Crippen molar-refractivity contribution in [1.82, 2.24) is 9.88 Å². The van der Waals surface area contributed by atoms with Gasteiger partial charge >= 0.3 is 0 Å². The Morgan fingerprint density at radius 2 is 1.95 bits per heavy atom. The van der Waals surface area contributed by atoms with E-state index in [1.807, 2.05) is 0 Å². The fourth-order valence-electron chi connectivity index (χ4n) is 1.83. The molecule has 21 heavy (non-hydrogen) atoms. The largest absolute Gasteiger partial charge is 0.355 e. The summed E-state index contributed by atoms with van der Waals surface area (Å²) in [6.45, 7) is -0.0795.